The van der Waals surface area contributed by atoms with E-state index >= 15 is 0 Å². The molecular weight excluding hydrogens is 248 g/mol. The third-order valence-electron chi connectivity index (χ3n) is 4.55. The lowest BCUT2D eigenvalue weighted by molar-refractivity contribution is -0.121. The molecule has 0 aromatic carbocycles. The van der Waals surface area contributed by atoms with Crippen LogP contribution in [0.2, 0.25) is 0 Å². The minimum Gasteiger partial charge on any atom is -0.356 e. The maximum absolute atomic E-state index is 11.5. The third-order valence-corrected chi connectivity index (χ3v) is 4.55. The van der Waals surface area contributed by atoms with Crippen LogP contribution in [0.4, 0.5) is 0 Å². The molecule has 0 aromatic rings. The molecule has 106 valence electrons. The summed E-state index contributed by atoms with van der Waals surface area (Å²) in [5.41, 5.74) is 5.63. The van der Waals surface area contributed by atoms with Crippen molar-refractivity contribution in [2.45, 2.75) is 57.9 Å². The number of rotatable bonds is 6. The van der Waals surface area contributed by atoms with Crippen LogP contribution in [0, 0.1) is 17.8 Å². The van der Waals surface area contributed by atoms with Gasteiger partial charge in [-0.2, -0.15) is 0 Å². The molecule has 3 N–H and O–H groups in total. The van der Waals surface area contributed by atoms with Crippen LogP contribution in [0.15, 0.2) is 0 Å². The van der Waals surface area contributed by atoms with Crippen LogP contribution >= 0.6 is 12.4 Å². The molecule has 0 spiro atoms. The molecule has 0 saturated heterocycles. The number of nitrogens with two attached hydrogens (primary N) is 1. The summed E-state index contributed by atoms with van der Waals surface area (Å²) in [5.74, 6) is 3.05. The van der Waals surface area contributed by atoms with Gasteiger partial charge in [-0.3, -0.25) is 4.79 Å². The van der Waals surface area contributed by atoms with Gasteiger partial charge in [-0.05, 0) is 56.8 Å². The van der Waals surface area contributed by atoms with Crippen LogP contribution in [-0.2, 0) is 4.79 Å². The fraction of sp³-hybridized carbons (Fsp3) is 0.929. The predicted molar refractivity (Wildman–Crippen MR) is 76.7 cm³/mol. The molecule has 2 fully saturated rings. The maximum atomic E-state index is 11.5. The van der Waals surface area contributed by atoms with E-state index in [4.69, 9.17) is 5.73 Å². The van der Waals surface area contributed by atoms with E-state index in [1.165, 1.54) is 32.1 Å². The average Bonchev–Trinajstić information content (AvgIpc) is 2.88. The first kappa shape index (κ1) is 15.8. The summed E-state index contributed by atoms with van der Waals surface area (Å²) in [5, 5.41) is 3.03. The van der Waals surface area contributed by atoms with Gasteiger partial charge < -0.3 is 11.1 Å². The van der Waals surface area contributed by atoms with Crippen LogP contribution in [0.1, 0.15) is 51.9 Å². The molecule has 1 amide bonds. The van der Waals surface area contributed by atoms with Gasteiger partial charge in [0.25, 0.3) is 0 Å². The van der Waals surface area contributed by atoms with E-state index in [2.05, 4.69) is 5.32 Å². The molecular formula is C14H27ClN2O. The molecule has 4 heteroatoms. The van der Waals surface area contributed by atoms with Crippen LogP contribution in [0.5, 0.6) is 0 Å². The van der Waals surface area contributed by atoms with Crippen LogP contribution in [-0.4, -0.2) is 18.5 Å². The van der Waals surface area contributed by atoms with Crippen molar-refractivity contribution >= 4 is 18.3 Å². The number of amides is 1. The van der Waals surface area contributed by atoms with Gasteiger partial charge in [0, 0.05) is 19.0 Å². The first-order valence-electron chi connectivity index (χ1n) is 7.17. The Labute approximate surface area is 117 Å². The Bertz CT molecular complexity index is 271. The number of nitrogens with one attached hydrogen (secondary N) is 1. The normalized spacial score (nSPS) is 30.9. The summed E-state index contributed by atoms with van der Waals surface area (Å²) in [6.45, 7) is 2.81. The standard InChI is InChI=1S/C14H26N2O.ClH/c1-10(15)2-5-14(17)16-7-6-13-9-11-3-4-12(13)8-11;/h10-13H,2-9,15H2,1H3,(H,16,17);1H. The molecule has 0 aromatic heterocycles. The predicted octanol–water partition coefficient (Wildman–Crippen LogP) is 2.48. The molecule has 2 rings (SSSR count). The van der Waals surface area contributed by atoms with Crippen LogP contribution < -0.4 is 11.1 Å². The van der Waals surface area contributed by atoms with Crippen molar-refractivity contribution in [3.63, 3.8) is 0 Å². The highest BCUT2D eigenvalue weighted by atomic mass is 35.5. The molecule has 4 atom stereocenters. The zero-order chi connectivity index (χ0) is 12.3. The van der Waals surface area contributed by atoms with Gasteiger partial charge in [-0.1, -0.05) is 6.42 Å². The zero-order valence-corrected chi connectivity index (χ0v) is 12.2. The van der Waals surface area contributed by atoms with Gasteiger partial charge in [-0.25, -0.2) is 0 Å². The summed E-state index contributed by atoms with van der Waals surface area (Å²) in [6, 6.07) is 0.131. The van der Waals surface area contributed by atoms with E-state index in [0.29, 0.717) is 6.42 Å². The minimum absolute atomic E-state index is 0. The first-order chi connectivity index (χ1) is 8.15. The highest BCUT2D eigenvalue weighted by Gasteiger charge is 2.38. The van der Waals surface area contributed by atoms with E-state index in [9.17, 15) is 4.79 Å². The molecule has 3 nitrogen and oxygen atoms in total. The molecule has 4 unspecified atom stereocenters. The highest BCUT2D eigenvalue weighted by Crippen LogP contribution is 2.49. The van der Waals surface area contributed by atoms with Crippen molar-refractivity contribution < 1.29 is 4.79 Å². The van der Waals surface area contributed by atoms with Crippen molar-refractivity contribution in [2.75, 3.05) is 6.54 Å². The van der Waals surface area contributed by atoms with E-state index < -0.39 is 0 Å². The minimum atomic E-state index is 0. The molecule has 2 aliphatic carbocycles. The summed E-state index contributed by atoms with van der Waals surface area (Å²) < 4.78 is 0. The van der Waals surface area contributed by atoms with Crippen molar-refractivity contribution in [3.05, 3.63) is 0 Å². The van der Waals surface area contributed by atoms with Crippen LogP contribution in [0.3, 0.4) is 0 Å². The van der Waals surface area contributed by atoms with Gasteiger partial charge >= 0.3 is 0 Å². The highest BCUT2D eigenvalue weighted by molar-refractivity contribution is 5.85. The second-order valence-electron chi connectivity index (χ2n) is 6.09. The summed E-state index contributed by atoms with van der Waals surface area (Å²) in [7, 11) is 0. The van der Waals surface area contributed by atoms with Crippen molar-refractivity contribution in [1.82, 2.24) is 5.32 Å². The number of hydrogen-bond donors (Lipinski definition) is 2. The molecule has 0 radical (unpaired) electrons. The summed E-state index contributed by atoms with van der Waals surface area (Å²) in [4.78, 5) is 11.5. The second-order valence-corrected chi connectivity index (χ2v) is 6.09. The van der Waals surface area contributed by atoms with Crippen molar-refractivity contribution in [1.29, 1.82) is 0 Å². The van der Waals surface area contributed by atoms with E-state index in [1.54, 1.807) is 0 Å². The molecule has 2 saturated carbocycles. The molecule has 18 heavy (non-hydrogen) atoms. The van der Waals surface area contributed by atoms with Crippen molar-refractivity contribution in [3.8, 4) is 0 Å². The van der Waals surface area contributed by atoms with Gasteiger partial charge in [0.05, 0.1) is 0 Å². The zero-order valence-electron chi connectivity index (χ0n) is 11.4. The Morgan fingerprint density at radius 3 is 2.72 bits per heavy atom. The molecule has 2 bridgehead atoms. The van der Waals surface area contributed by atoms with E-state index in [1.807, 2.05) is 6.92 Å². The van der Waals surface area contributed by atoms with Crippen molar-refractivity contribution in [2.24, 2.45) is 23.5 Å². The first-order valence-corrected chi connectivity index (χ1v) is 7.17. The Morgan fingerprint density at radius 2 is 2.17 bits per heavy atom. The lowest BCUT2D eigenvalue weighted by Crippen LogP contribution is -2.28. The third kappa shape index (κ3) is 4.43. The van der Waals surface area contributed by atoms with Gasteiger partial charge in [0.1, 0.15) is 0 Å². The Balaban J connectivity index is 0.00000162. The Hall–Kier alpha value is -0.280. The fourth-order valence-corrected chi connectivity index (χ4v) is 3.57. The Kier molecular flexibility index (Phi) is 6.44. The monoisotopic (exact) mass is 274 g/mol. The number of fused-ring (bicyclic) bond motifs is 2. The Morgan fingerprint density at radius 1 is 1.39 bits per heavy atom. The van der Waals surface area contributed by atoms with E-state index in [0.717, 1.165) is 30.7 Å². The summed E-state index contributed by atoms with van der Waals surface area (Å²) >= 11 is 0. The number of halogens is 1. The van der Waals surface area contributed by atoms with E-state index in [-0.39, 0.29) is 24.4 Å². The average molecular weight is 275 g/mol. The maximum Gasteiger partial charge on any atom is 0.220 e. The molecule has 0 heterocycles. The number of hydrogen-bond acceptors (Lipinski definition) is 2. The van der Waals surface area contributed by atoms with Gasteiger partial charge in [0.15, 0.2) is 0 Å². The smallest absolute Gasteiger partial charge is 0.220 e. The quantitative estimate of drug-likeness (QED) is 0.782. The van der Waals surface area contributed by atoms with Gasteiger partial charge in [-0.15, -0.1) is 12.4 Å². The second kappa shape index (κ2) is 7.34. The molecule has 2 aliphatic rings. The largest absolute Gasteiger partial charge is 0.356 e. The fourth-order valence-electron chi connectivity index (χ4n) is 3.57. The number of carbonyl (C=O) groups is 1. The number of carbonyl (C=O) groups excluding carboxylic acids is 1. The molecule has 0 aliphatic heterocycles. The SMILES string of the molecule is CC(N)CCC(=O)NCCC1CC2CCC1C2.Cl. The van der Waals surface area contributed by atoms with Gasteiger partial charge in [0.2, 0.25) is 5.91 Å². The van der Waals surface area contributed by atoms with Crippen LogP contribution in [0.25, 0.3) is 0 Å². The topological polar surface area (TPSA) is 55.1 Å². The lowest BCUT2D eigenvalue weighted by atomic mass is 9.86. The summed E-state index contributed by atoms with van der Waals surface area (Å²) in [6.07, 6.45) is 8.33. The lowest BCUT2D eigenvalue weighted by Gasteiger charge is -2.21.